The molecule has 0 fully saturated rings. The molecule has 0 aromatic rings. The Morgan fingerprint density at radius 1 is 1.04 bits per heavy atom. The average Bonchev–Trinajstić information content (AvgIpc) is 2.61. The summed E-state index contributed by atoms with van der Waals surface area (Å²) >= 11 is 0. The van der Waals surface area contributed by atoms with Gasteiger partial charge in [0.15, 0.2) is 0 Å². The molecule has 0 rings (SSSR count). The van der Waals surface area contributed by atoms with Crippen LogP contribution in [0.4, 0.5) is 0 Å². The van der Waals surface area contributed by atoms with Gasteiger partial charge in [0.2, 0.25) is 5.91 Å². The lowest BCUT2D eigenvalue weighted by Crippen LogP contribution is -2.30. The summed E-state index contributed by atoms with van der Waals surface area (Å²) in [5.41, 5.74) is 10.4. The number of carbonyl (C=O) groups is 2. The number of carbonyl (C=O) groups excluding carboxylic acids is 2. The van der Waals surface area contributed by atoms with Crippen LogP contribution in [-0.2, 0) is 9.59 Å². The van der Waals surface area contributed by atoms with Crippen LogP contribution in [0.25, 0.3) is 0 Å². The lowest BCUT2D eigenvalue weighted by molar-refractivity contribution is -0.121. The summed E-state index contributed by atoms with van der Waals surface area (Å²) in [6, 6.07) is 0. The van der Waals surface area contributed by atoms with Crippen LogP contribution in [0.3, 0.4) is 0 Å². The zero-order valence-corrected chi connectivity index (χ0v) is 15.8. The lowest BCUT2D eigenvalue weighted by atomic mass is 10.2. The van der Waals surface area contributed by atoms with E-state index < -0.39 is 0 Å². The molecule has 0 aromatic carbocycles. The highest BCUT2D eigenvalue weighted by atomic mass is 16.3. The number of nitrogens with zero attached hydrogens (tertiary/aromatic N) is 1. The highest BCUT2D eigenvalue weighted by Gasteiger charge is 2.05. The molecule has 1 amide bonds. The van der Waals surface area contributed by atoms with Crippen LogP contribution in [0.5, 0.6) is 0 Å². The van der Waals surface area contributed by atoms with Crippen molar-refractivity contribution in [1.82, 2.24) is 15.5 Å². The van der Waals surface area contributed by atoms with Gasteiger partial charge in [0, 0.05) is 45.6 Å². The molecule has 0 saturated heterocycles. The molecule has 0 heterocycles. The Bertz CT molecular complexity index is 291. The molecule has 7 N–H and O–H groups in total. The Kier molecular flexibility index (Phi) is 24.0. The molecule has 150 valence electrons. The fraction of sp³-hybridized carbons (Fsp3) is 0.882. The van der Waals surface area contributed by atoms with Gasteiger partial charge in [-0.2, -0.15) is 0 Å². The third-order valence-electron chi connectivity index (χ3n) is 3.45. The monoisotopic (exact) mass is 361 g/mol. The number of hydrogen-bond acceptors (Lipinski definition) is 7. The first-order valence-electron chi connectivity index (χ1n) is 9.24. The van der Waals surface area contributed by atoms with E-state index in [9.17, 15) is 9.59 Å². The van der Waals surface area contributed by atoms with Gasteiger partial charge in [-0.1, -0.05) is 0 Å². The number of aldehydes is 1. The highest BCUT2D eigenvalue weighted by molar-refractivity contribution is 5.75. The van der Waals surface area contributed by atoms with Crippen molar-refractivity contribution in [2.45, 2.75) is 38.5 Å². The number of amides is 1. The number of aliphatic hydroxyl groups is 1. The van der Waals surface area contributed by atoms with Crippen molar-refractivity contribution < 1.29 is 14.7 Å². The normalized spacial score (nSPS) is 10.3. The number of unbranched alkanes of at least 4 members (excludes halogenated alkanes) is 3. The van der Waals surface area contributed by atoms with Crippen molar-refractivity contribution in [3.05, 3.63) is 0 Å². The third kappa shape index (κ3) is 22.9. The second kappa shape index (κ2) is 22.9. The number of likely N-dealkylation sites (N-methyl/N-ethyl adjacent to an activating group) is 1. The van der Waals surface area contributed by atoms with Crippen LogP contribution in [0.2, 0.25) is 0 Å². The first kappa shape index (κ1) is 26.2. The van der Waals surface area contributed by atoms with E-state index in [4.69, 9.17) is 16.6 Å². The molecule has 0 atom stereocenters. The van der Waals surface area contributed by atoms with Crippen LogP contribution < -0.4 is 22.1 Å². The fourth-order valence-corrected chi connectivity index (χ4v) is 2.11. The zero-order valence-electron chi connectivity index (χ0n) is 15.8. The van der Waals surface area contributed by atoms with Crippen molar-refractivity contribution in [1.29, 1.82) is 0 Å². The van der Waals surface area contributed by atoms with Crippen LogP contribution in [-0.4, -0.2) is 81.7 Å². The van der Waals surface area contributed by atoms with Gasteiger partial charge in [-0.15, -0.1) is 0 Å². The fourth-order valence-electron chi connectivity index (χ4n) is 2.11. The number of nitrogens with one attached hydrogen (secondary N) is 2. The van der Waals surface area contributed by atoms with Gasteiger partial charge >= 0.3 is 0 Å². The molecule has 0 unspecified atom stereocenters. The lowest BCUT2D eigenvalue weighted by Gasteiger charge is -2.20. The van der Waals surface area contributed by atoms with Crippen LogP contribution in [0, 0.1) is 0 Å². The molecule has 0 aromatic heterocycles. The van der Waals surface area contributed by atoms with Gasteiger partial charge in [-0.25, -0.2) is 0 Å². The second-order valence-electron chi connectivity index (χ2n) is 5.72. The molecule has 8 nitrogen and oxygen atoms in total. The van der Waals surface area contributed by atoms with Gasteiger partial charge in [0.25, 0.3) is 0 Å². The quantitative estimate of drug-likeness (QED) is 0.177. The van der Waals surface area contributed by atoms with E-state index in [-0.39, 0.29) is 12.5 Å². The SMILES string of the molecule is CNCCN.NCCNC(=O)CCCCN(CCO)CCCCC=O. The summed E-state index contributed by atoms with van der Waals surface area (Å²) in [4.78, 5) is 23.8. The van der Waals surface area contributed by atoms with Gasteiger partial charge in [-0.3, -0.25) is 4.79 Å². The molecule has 0 aliphatic carbocycles. The topological polar surface area (TPSA) is 134 Å². The second-order valence-corrected chi connectivity index (χ2v) is 5.72. The smallest absolute Gasteiger partial charge is 0.220 e. The van der Waals surface area contributed by atoms with E-state index >= 15 is 0 Å². The number of rotatable bonds is 16. The Hall–Kier alpha value is -1.06. The Balaban J connectivity index is 0. The van der Waals surface area contributed by atoms with Crippen molar-refractivity contribution in [2.75, 3.05) is 59.5 Å². The first-order valence-corrected chi connectivity index (χ1v) is 9.24. The number of nitrogens with two attached hydrogens (primary N) is 2. The maximum Gasteiger partial charge on any atom is 0.220 e. The number of aliphatic hydroxyl groups excluding tert-OH is 1. The molecule has 0 bridgehead atoms. The minimum Gasteiger partial charge on any atom is -0.395 e. The standard InChI is InChI=1S/C14H29N3O3.C3H10N2/c15-7-8-16-14(20)6-2-4-10-17(11-13-19)9-3-1-5-12-18;1-5-3-2-4/h12,19H,1-11,13,15H2,(H,16,20);5H,2-4H2,1H3. The van der Waals surface area contributed by atoms with Gasteiger partial charge < -0.3 is 36.9 Å². The minimum absolute atomic E-state index is 0.0511. The van der Waals surface area contributed by atoms with Gasteiger partial charge in [-0.05, 0) is 45.8 Å². The van der Waals surface area contributed by atoms with E-state index in [1.807, 2.05) is 7.05 Å². The Labute approximate surface area is 152 Å². The molecule has 25 heavy (non-hydrogen) atoms. The minimum atomic E-state index is 0.0511. The number of hydrogen-bond donors (Lipinski definition) is 5. The van der Waals surface area contributed by atoms with Gasteiger partial charge in [0.05, 0.1) is 6.61 Å². The summed E-state index contributed by atoms with van der Waals surface area (Å²) in [5.74, 6) is 0.0511. The Morgan fingerprint density at radius 2 is 1.68 bits per heavy atom. The predicted octanol–water partition coefficient (Wildman–Crippen LogP) is -0.940. The maximum atomic E-state index is 11.4. The predicted molar refractivity (Wildman–Crippen MR) is 102 cm³/mol. The largest absolute Gasteiger partial charge is 0.395 e. The summed E-state index contributed by atoms with van der Waals surface area (Å²) in [6.07, 6.45) is 5.71. The third-order valence-corrected chi connectivity index (χ3v) is 3.45. The van der Waals surface area contributed by atoms with E-state index in [1.54, 1.807) is 0 Å². The molecule has 8 heteroatoms. The van der Waals surface area contributed by atoms with E-state index in [0.717, 1.165) is 58.1 Å². The van der Waals surface area contributed by atoms with Crippen molar-refractivity contribution in [2.24, 2.45) is 11.5 Å². The summed E-state index contributed by atoms with van der Waals surface area (Å²) in [7, 11) is 1.88. The molecule has 0 spiro atoms. The van der Waals surface area contributed by atoms with Crippen molar-refractivity contribution in [3.8, 4) is 0 Å². The Morgan fingerprint density at radius 3 is 2.16 bits per heavy atom. The molecule has 0 aliphatic rings. The van der Waals surface area contributed by atoms with E-state index in [2.05, 4.69) is 15.5 Å². The van der Waals surface area contributed by atoms with Gasteiger partial charge in [0.1, 0.15) is 6.29 Å². The summed E-state index contributed by atoms with van der Waals surface area (Å²) in [5, 5.41) is 14.6. The molecule has 0 radical (unpaired) electrons. The molecular formula is C17H39N5O3. The zero-order chi connectivity index (χ0) is 19.2. The van der Waals surface area contributed by atoms with Crippen molar-refractivity contribution >= 4 is 12.2 Å². The van der Waals surface area contributed by atoms with Crippen LogP contribution >= 0.6 is 0 Å². The van der Waals surface area contributed by atoms with Crippen molar-refractivity contribution in [3.63, 3.8) is 0 Å². The van der Waals surface area contributed by atoms with Crippen LogP contribution in [0.1, 0.15) is 38.5 Å². The molecular weight excluding hydrogens is 322 g/mol. The summed E-state index contributed by atoms with van der Waals surface area (Å²) in [6.45, 7) is 5.23. The van der Waals surface area contributed by atoms with Crippen LogP contribution in [0.15, 0.2) is 0 Å². The average molecular weight is 362 g/mol. The molecule has 0 saturated carbocycles. The maximum absolute atomic E-state index is 11.4. The first-order chi connectivity index (χ1) is 12.2. The summed E-state index contributed by atoms with van der Waals surface area (Å²) < 4.78 is 0. The highest BCUT2D eigenvalue weighted by Crippen LogP contribution is 2.02. The van der Waals surface area contributed by atoms with E-state index in [0.29, 0.717) is 32.5 Å². The molecule has 0 aliphatic heterocycles. The van der Waals surface area contributed by atoms with E-state index in [1.165, 1.54) is 0 Å².